The second kappa shape index (κ2) is 22.3. The summed E-state index contributed by atoms with van der Waals surface area (Å²) in [6.07, 6.45) is 0.424. The van der Waals surface area contributed by atoms with E-state index in [-0.39, 0.29) is 69.2 Å². The van der Waals surface area contributed by atoms with E-state index in [4.69, 9.17) is 4.74 Å². The van der Waals surface area contributed by atoms with Crippen LogP contribution in [0.2, 0.25) is 0 Å². The first-order chi connectivity index (χ1) is 39.3. The number of hydrogen-bond acceptors (Lipinski definition) is 13. The fourth-order valence-corrected chi connectivity index (χ4v) is 13.3. The number of hydrogen-bond donors (Lipinski definition) is 3. The van der Waals surface area contributed by atoms with Crippen LogP contribution in [0.5, 0.6) is 5.75 Å². The number of benzene rings is 2. The highest BCUT2D eigenvalue weighted by atomic mass is 16.5. The van der Waals surface area contributed by atoms with E-state index < -0.39 is 164 Å². The number of nitrogens with zero attached hydrogens (tertiary/aromatic N) is 8. The lowest BCUT2D eigenvalue weighted by Crippen LogP contribution is -2.58. The van der Waals surface area contributed by atoms with Crippen LogP contribution in [0.15, 0.2) is 54.6 Å². The third-order valence-corrected chi connectivity index (χ3v) is 17.4. The van der Waals surface area contributed by atoms with Crippen LogP contribution < -0.4 is 20.7 Å². The lowest BCUT2D eigenvalue weighted by atomic mass is 9.85. The first-order valence-electron chi connectivity index (χ1n) is 28.9. The molecule has 10 rings (SSSR count). The molecule has 0 radical (unpaired) electrons. The quantitative estimate of drug-likeness (QED) is 0.185. The van der Waals surface area contributed by atoms with Crippen molar-refractivity contribution in [2.24, 2.45) is 29.6 Å². The van der Waals surface area contributed by atoms with Crippen LogP contribution in [0.1, 0.15) is 84.8 Å². The molecule has 3 N–H and O–H groups in total. The van der Waals surface area contributed by atoms with Crippen LogP contribution in [0.25, 0.3) is 0 Å². The molecule has 0 bridgehead atoms. The fraction of sp³-hybridized carbons (Fsp3) is 0.593. The third-order valence-electron chi connectivity index (χ3n) is 17.4. The van der Waals surface area contributed by atoms with Crippen LogP contribution in [0.3, 0.4) is 0 Å². The summed E-state index contributed by atoms with van der Waals surface area (Å²) in [5.41, 5.74) is -4.11. The van der Waals surface area contributed by atoms with Crippen molar-refractivity contribution in [2.75, 3.05) is 72.6 Å². The van der Waals surface area contributed by atoms with Crippen molar-refractivity contribution in [2.45, 2.75) is 121 Å². The van der Waals surface area contributed by atoms with Gasteiger partial charge in [-0.2, -0.15) is 0 Å². The zero-order valence-electron chi connectivity index (χ0n) is 48.2. The molecule has 7 aliphatic heterocycles. The minimum atomic E-state index is -1.84. The maximum Gasteiger partial charge on any atom is 0.325 e. The maximum atomic E-state index is 15.6. The van der Waals surface area contributed by atoms with Gasteiger partial charge < -0.3 is 50.1 Å². The summed E-state index contributed by atoms with van der Waals surface area (Å²) >= 11 is 0. The highest BCUT2D eigenvalue weighted by molar-refractivity contribution is 6.15. The summed E-state index contributed by atoms with van der Waals surface area (Å²) in [6.45, 7) is 7.13. The zero-order chi connectivity index (χ0) is 59.6. The molecule has 8 fully saturated rings. The van der Waals surface area contributed by atoms with Crippen LogP contribution in [-0.4, -0.2) is 218 Å². The first kappa shape index (κ1) is 58.3. The van der Waals surface area contributed by atoms with Gasteiger partial charge in [-0.1, -0.05) is 84.0 Å². The number of carbonyl (C=O) groups excluding carboxylic acids is 12. The van der Waals surface area contributed by atoms with Crippen molar-refractivity contribution < 1.29 is 62.3 Å². The molecule has 1 unspecified atom stereocenters. The van der Waals surface area contributed by atoms with Crippen LogP contribution in [-0.2, 0) is 60.9 Å². The second-order valence-corrected chi connectivity index (χ2v) is 25.4. The monoisotopic (exact) mass is 1150 g/mol. The van der Waals surface area contributed by atoms with Gasteiger partial charge in [0.2, 0.25) is 41.4 Å². The average Bonchev–Trinajstić information content (AvgIpc) is 1.68. The summed E-state index contributed by atoms with van der Waals surface area (Å²) in [4.78, 5) is 188. The van der Waals surface area contributed by atoms with Crippen molar-refractivity contribution in [1.82, 2.24) is 55.1 Å². The normalized spacial score (nSPS) is 29.2. The van der Waals surface area contributed by atoms with Gasteiger partial charge in [0.15, 0.2) is 5.78 Å². The molecular weight excluding hydrogens is 1070 g/mol. The van der Waals surface area contributed by atoms with Gasteiger partial charge >= 0.3 is 12.1 Å². The van der Waals surface area contributed by atoms with Crippen molar-refractivity contribution in [3.05, 3.63) is 65.7 Å². The number of urea groups is 2. The number of ether oxygens (including phenoxy) is 1. The van der Waals surface area contributed by atoms with Crippen molar-refractivity contribution >= 4 is 71.0 Å². The van der Waals surface area contributed by atoms with Crippen molar-refractivity contribution in [1.29, 1.82) is 0 Å². The van der Waals surface area contributed by atoms with E-state index in [1.165, 1.54) is 31.6 Å². The third kappa shape index (κ3) is 11.1. The molecule has 2 aromatic rings. The molecule has 3 spiro atoms. The topological polar surface area (TPSA) is 276 Å². The summed E-state index contributed by atoms with van der Waals surface area (Å²) in [5.74, 6) is -8.63. The number of ketones is 1. The number of fused-ring (bicyclic) bond motifs is 3. The molecule has 0 aromatic heterocycles. The largest absolute Gasteiger partial charge is 0.497 e. The Morgan fingerprint density at radius 2 is 0.940 bits per heavy atom. The van der Waals surface area contributed by atoms with Gasteiger partial charge in [0.05, 0.1) is 52.9 Å². The lowest BCUT2D eigenvalue weighted by molar-refractivity contribution is -0.154. The molecule has 2 aromatic carbocycles. The summed E-state index contributed by atoms with van der Waals surface area (Å²) in [5, 5.41) is 8.48. The van der Waals surface area contributed by atoms with Crippen LogP contribution in [0, 0.1) is 29.6 Å². The molecule has 1 aliphatic carbocycles. The Morgan fingerprint density at radius 3 is 1.37 bits per heavy atom. The minimum Gasteiger partial charge on any atom is -0.497 e. The van der Waals surface area contributed by atoms with Gasteiger partial charge in [-0.15, -0.1) is 0 Å². The molecule has 8 aliphatic rings. The van der Waals surface area contributed by atoms with Crippen LogP contribution >= 0.6 is 0 Å². The van der Waals surface area contributed by atoms with Gasteiger partial charge in [-0.05, 0) is 66.2 Å². The number of methoxy groups -OCH3 is 1. The molecule has 7 atom stereocenters. The van der Waals surface area contributed by atoms with Crippen molar-refractivity contribution in [3.63, 3.8) is 0 Å². The number of nitrogens with one attached hydrogen (secondary N) is 3. The Labute approximate surface area is 481 Å². The smallest absolute Gasteiger partial charge is 0.325 e. The number of amides is 13. The number of imide groups is 2. The summed E-state index contributed by atoms with van der Waals surface area (Å²) < 4.78 is 5.30. The molecule has 24 nitrogen and oxygen atoms in total. The SMILES string of the molecule is COc1ccc(CC2C(=O)N[C@]3(C[C@H]4C(=O)N(CC(C)C)CC(=O)N5C[C@]6(C[C@H]5C(=O)N(CC(C)C)CC(=O)N5C[C@]7(C[C@H]5C(=O)N(CC(C)C)CC(=O)N4C3)NC(=O)N(CC3CC3)C7=O)NC(=O)N(Cc3ccccc3)C6=O)C2=O)cc1. The number of Topliss-reactive ketones (excluding diaryl/α,β-unsaturated/α-hetero) is 1. The molecule has 444 valence electrons. The second-order valence-electron chi connectivity index (χ2n) is 25.4. The average molecular weight is 1150 g/mol. The van der Waals surface area contributed by atoms with E-state index >= 15 is 28.8 Å². The van der Waals surface area contributed by atoms with E-state index in [1.54, 1.807) is 82.3 Å². The Balaban J connectivity index is 1.07. The van der Waals surface area contributed by atoms with Crippen LogP contribution in [0.4, 0.5) is 9.59 Å². The fourth-order valence-electron chi connectivity index (χ4n) is 13.3. The summed E-state index contributed by atoms with van der Waals surface area (Å²) in [7, 11) is 1.51. The highest BCUT2D eigenvalue weighted by Gasteiger charge is 2.64. The highest BCUT2D eigenvalue weighted by Crippen LogP contribution is 2.41. The van der Waals surface area contributed by atoms with E-state index in [0.717, 1.165) is 27.5 Å². The Kier molecular flexibility index (Phi) is 15.7. The Morgan fingerprint density at radius 1 is 0.518 bits per heavy atom. The van der Waals surface area contributed by atoms with Crippen molar-refractivity contribution in [3.8, 4) is 5.75 Å². The minimum absolute atomic E-state index is 0.00814. The van der Waals surface area contributed by atoms with E-state index in [1.807, 2.05) is 13.8 Å². The molecule has 13 amide bonds. The molecule has 83 heavy (non-hydrogen) atoms. The van der Waals surface area contributed by atoms with E-state index in [9.17, 15) is 28.8 Å². The van der Waals surface area contributed by atoms with E-state index in [0.29, 0.717) is 16.9 Å². The molecule has 7 saturated heterocycles. The molecular formula is C59H75N11O13. The Hall–Kier alpha value is -7.92. The maximum absolute atomic E-state index is 15.6. The predicted octanol–water partition coefficient (Wildman–Crippen LogP) is 0.753. The number of rotatable bonds is 13. The molecule has 24 heteroatoms. The van der Waals surface area contributed by atoms with Gasteiger partial charge in [0.1, 0.15) is 46.4 Å². The summed E-state index contributed by atoms with van der Waals surface area (Å²) in [6, 6.07) is 9.68. The lowest BCUT2D eigenvalue weighted by Gasteiger charge is -2.36. The molecule has 7 heterocycles. The van der Waals surface area contributed by atoms with Gasteiger partial charge in [0, 0.05) is 45.4 Å². The van der Waals surface area contributed by atoms with Gasteiger partial charge in [0.25, 0.3) is 11.8 Å². The Bertz CT molecular complexity index is 3020. The van der Waals surface area contributed by atoms with Gasteiger partial charge in [-0.25, -0.2) is 9.59 Å². The standard InChI is InChI=1S/C59H75N11O13/c1-34(2)23-63-29-46(72)69-32-58(53(79)66(55(81)61-58)26-38-11-9-8-10-12-38)21-43(69)52(78)65(25-36(5)6)30-47(73)70-33-59(54(80)67(56(82)62-59)27-39-13-14-39)22-44(70)51(77)64(24-35(3)4)28-45(71)68-31-57(20-42(68)50(63)76)48(74)41(49(75)60-57)19-37-15-17-40(83-7)18-16-37/h8-12,15-18,34-36,39,41-44H,13-14,19-33H2,1-7H3,(H,60,75)(H,61,81)(H,62,82)/t41?,42-,43-,44-,57-,58-,59-/m0/s1. The van der Waals surface area contributed by atoms with Gasteiger partial charge in [-0.3, -0.25) is 57.7 Å². The van der Waals surface area contributed by atoms with E-state index in [2.05, 4.69) is 16.0 Å². The zero-order valence-corrected chi connectivity index (χ0v) is 48.2. The first-order valence-corrected chi connectivity index (χ1v) is 28.9. The predicted molar refractivity (Wildman–Crippen MR) is 295 cm³/mol. The number of carbonyl (C=O) groups is 12. The molecule has 1 saturated carbocycles.